The largest absolute Gasteiger partial charge is 0.459 e. The van der Waals surface area contributed by atoms with Crippen molar-refractivity contribution in [2.75, 3.05) is 6.61 Å². The molecule has 22 heavy (non-hydrogen) atoms. The molecule has 122 valence electrons. The van der Waals surface area contributed by atoms with Crippen LogP contribution in [0.15, 0.2) is 30.3 Å². The Morgan fingerprint density at radius 1 is 1.36 bits per heavy atom. The number of aliphatic hydroxyl groups is 3. The van der Waals surface area contributed by atoms with Crippen molar-refractivity contribution in [2.45, 2.75) is 36.9 Å². The minimum atomic E-state index is -3.30. The van der Waals surface area contributed by atoms with Crippen LogP contribution in [-0.2, 0) is 9.47 Å². The zero-order chi connectivity index (χ0) is 16.5. The first-order valence-corrected chi connectivity index (χ1v) is 6.48. The van der Waals surface area contributed by atoms with Gasteiger partial charge in [0, 0.05) is 0 Å². The molecular weight excluding hydrogens is 302 g/mol. The lowest BCUT2D eigenvalue weighted by molar-refractivity contribution is -0.224. The Hall–Kier alpha value is -1.61. The molecule has 8 heteroatoms. The normalized spacial score (nSPS) is 34.9. The molecule has 1 aliphatic rings. The monoisotopic (exact) mass is 318 g/mol. The average molecular weight is 318 g/mol. The summed E-state index contributed by atoms with van der Waals surface area (Å²) in [6.07, 6.45) is -7.47. The lowest BCUT2D eigenvalue weighted by atomic mass is 9.88. The molecule has 0 amide bonds. The molecule has 0 bridgehead atoms. The number of benzene rings is 1. The van der Waals surface area contributed by atoms with Gasteiger partial charge in [-0.15, -0.1) is 0 Å². The van der Waals surface area contributed by atoms with Crippen LogP contribution in [0.4, 0.5) is 8.78 Å². The van der Waals surface area contributed by atoms with Crippen molar-refractivity contribution in [1.29, 1.82) is 0 Å². The Kier molecular flexibility index (Phi) is 4.48. The van der Waals surface area contributed by atoms with Gasteiger partial charge in [0.1, 0.15) is 18.3 Å². The van der Waals surface area contributed by atoms with Gasteiger partial charge in [0.2, 0.25) is 0 Å². The number of hydrogen-bond donors (Lipinski definition) is 3. The topological polar surface area (TPSA) is 96.2 Å². The third kappa shape index (κ3) is 2.70. The summed E-state index contributed by atoms with van der Waals surface area (Å²) in [5.41, 5.74) is -4.88. The van der Waals surface area contributed by atoms with Crippen LogP contribution in [0.25, 0.3) is 0 Å². The van der Waals surface area contributed by atoms with E-state index in [9.17, 15) is 28.9 Å². The number of alkyl halides is 2. The summed E-state index contributed by atoms with van der Waals surface area (Å²) in [6.45, 7) is -0.0712. The van der Waals surface area contributed by atoms with Gasteiger partial charge < -0.3 is 24.8 Å². The van der Waals surface area contributed by atoms with Gasteiger partial charge in [-0.2, -0.15) is 0 Å². The maximum Gasteiger partial charge on any atom is 0.338 e. The zero-order valence-corrected chi connectivity index (χ0v) is 11.6. The summed E-state index contributed by atoms with van der Waals surface area (Å²) >= 11 is 0. The SMILES string of the molecule is CC1(O)C(O)O[C@@](COC(=O)c2ccccc2)(C(F)F)[C@H]1O. The molecule has 0 aliphatic carbocycles. The van der Waals surface area contributed by atoms with Crippen LogP contribution in [0, 0.1) is 0 Å². The third-order valence-corrected chi connectivity index (χ3v) is 3.66. The molecule has 1 fully saturated rings. The van der Waals surface area contributed by atoms with Gasteiger partial charge in [0.15, 0.2) is 11.9 Å². The highest BCUT2D eigenvalue weighted by Crippen LogP contribution is 2.41. The van der Waals surface area contributed by atoms with E-state index < -0.39 is 42.6 Å². The van der Waals surface area contributed by atoms with E-state index in [1.54, 1.807) is 18.2 Å². The summed E-state index contributed by atoms with van der Waals surface area (Å²) in [5, 5.41) is 29.2. The van der Waals surface area contributed by atoms with Crippen molar-refractivity contribution in [3.63, 3.8) is 0 Å². The van der Waals surface area contributed by atoms with E-state index in [4.69, 9.17) is 4.74 Å². The average Bonchev–Trinajstić information content (AvgIpc) is 2.67. The third-order valence-electron chi connectivity index (χ3n) is 3.66. The van der Waals surface area contributed by atoms with Crippen LogP contribution >= 0.6 is 0 Å². The fourth-order valence-corrected chi connectivity index (χ4v) is 2.20. The van der Waals surface area contributed by atoms with E-state index >= 15 is 0 Å². The number of rotatable bonds is 4. The number of halogens is 2. The molecule has 2 rings (SSSR count). The van der Waals surface area contributed by atoms with E-state index in [2.05, 4.69) is 4.74 Å². The Bertz CT molecular complexity index is 535. The van der Waals surface area contributed by atoms with E-state index in [0.717, 1.165) is 6.92 Å². The van der Waals surface area contributed by atoms with Gasteiger partial charge in [-0.05, 0) is 19.1 Å². The number of aliphatic hydroxyl groups excluding tert-OH is 2. The molecule has 4 atom stereocenters. The minimum absolute atomic E-state index is 0.131. The number of esters is 1. The van der Waals surface area contributed by atoms with Gasteiger partial charge in [-0.25, -0.2) is 13.6 Å². The molecule has 0 aromatic heterocycles. The fourth-order valence-electron chi connectivity index (χ4n) is 2.20. The Morgan fingerprint density at radius 2 is 1.95 bits per heavy atom. The van der Waals surface area contributed by atoms with Crippen LogP contribution in [-0.4, -0.2) is 57.9 Å². The number of hydrogen-bond acceptors (Lipinski definition) is 6. The molecule has 0 radical (unpaired) electrons. The molecule has 0 saturated carbocycles. The fraction of sp³-hybridized carbons (Fsp3) is 0.500. The molecule has 2 unspecified atom stereocenters. The summed E-state index contributed by atoms with van der Waals surface area (Å²) in [4.78, 5) is 11.8. The Labute approximate surface area is 124 Å². The van der Waals surface area contributed by atoms with Gasteiger partial charge >= 0.3 is 5.97 Å². The standard InChI is InChI=1S/C14H16F2O6/c1-13(20)10(18)14(11(15)16,22-12(13)19)7-21-9(17)8-5-3-2-4-6-8/h2-6,10-12,18-20H,7H2,1H3/t10-,12?,13?,14+/m0/s1. The quantitative estimate of drug-likeness (QED) is 0.692. The van der Waals surface area contributed by atoms with Crippen molar-refractivity contribution < 1.29 is 38.4 Å². The highest BCUT2D eigenvalue weighted by Gasteiger charge is 2.65. The molecule has 1 aromatic carbocycles. The molecule has 1 heterocycles. The number of carbonyl (C=O) groups excluding carboxylic acids is 1. The second-order valence-electron chi connectivity index (χ2n) is 5.30. The van der Waals surface area contributed by atoms with Crippen molar-refractivity contribution >= 4 is 5.97 Å². The van der Waals surface area contributed by atoms with Crippen LogP contribution in [0.3, 0.4) is 0 Å². The van der Waals surface area contributed by atoms with Crippen molar-refractivity contribution in [3.05, 3.63) is 35.9 Å². The van der Waals surface area contributed by atoms with Gasteiger partial charge in [0.25, 0.3) is 6.43 Å². The van der Waals surface area contributed by atoms with E-state index in [1.165, 1.54) is 12.1 Å². The highest BCUT2D eigenvalue weighted by molar-refractivity contribution is 5.89. The second-order valence-corrected chi connectivity index (χ2v) is 5.30. The molecular formula is C14H16F2O6. The van der Waals surface area contributed by atoms with Crippen LogP contribution in [0.2, 0.25) is 0 Å². The lowest BCUT2D eigenvalue weighted by Crippen LogP contribution is -2.56. The van der Waals surface area contributed by atoms with E-state index in [-0.39, 0.29) is 5.56 Å². The molecule has 1 aromatic rings. The summed E-state index contributed by atoms with van der Waals surface area (Å²) in [6, 6.07) is 7.64. The first kappa shape index (κ1) is 16.8. The first-order chi connectivity index (χ1) is 10.2. The molecule has 1 saturated heterocycles. The van der Waals surface area contributed by atoms with Crippen molar-refractivity contribution in [3.8, 4) is 0 Å². The molecule has 1 aliphatic heterocycles. The minimum Gasteiger partial charge on any atom is -0.459 e. The maximum absolute atomic E-state index is 13.3. The van der Waals surface area contributed by atoms with E-state index in [0.29, 0.717) is 0 Å². The summed E-state index contributed by atoms with van der Waals surface area (Å²) in [5.74, 6) is -0.891. The Morgan fingerprint density at radius 3 is 2.41 bits per heavy atom. The molecule has 6 nitrogen and oxygen atoms in total. The van der Waals surface area contributed by atoms with Gasteiger partial charge in [-0.1, -0.05) is 18.2 Å². The second kappa shape index (κ2) is 5.88. The number of ether oxygens (including phenoxy) is 2. The van der Waals surface area contributed by atoms with Crippen LogP contribution in [0.1, 0.15) is 17.3 Å². The first-order valence-electron chi connectivity index (χ1n) is 6.48. The van der Waals surface area contributed by atoms with Crippen LogP contribution < -0.4 is 0 Å². The maximum atomic E-state index is 13.3. The Balaban J connectivity index is 2.16. The molecule has 3 N–H and O–H groups in total. The van der Waals surface area contributed by atoms with Gasteiger partial charge in [0.05, 0.1) is 5.56 Å². The number of carbonyl (C=O) groups is 1. The summed E-state index contributed by atoms with van der Waals surface area (Å²) < 4.78 is 36.0. The highest BCUT2D eigenvalue weighted by atomic mass is 19.3. The smallest absolute Gasteiger partial charge is 0.338 e. The van der Waals surface area contributed by atoms with E-state index in [1.807, 2.05) is 0 Å². The predicted molar refractivity (Wildman–Crippen MR) is 69.2 cm³/mol. The van der Waals surface area contributed by atoms with Gasteiger partial charge in [-0.3, -0.25) is 0 Å². The predicted octanol–water partition coefficient (Wildman–Crippen LogP) is 0.308. The molecule has 0 spiro atoms. The summed E-state index contributed by atoms with van der Waals surface area (Å²) in [7, 11) is 0. The zero-order valence-electron chi connectivity index (χ0n) is 11.6. The van der Waals surface area contributed by atoms with Crippen molar-refractivity contribution in [2.24, 2.45) is 0 Å². The van der Waals surface area contributed by atoms with Crippen LogP contribution in [0.5, 0.6) is 0 Å². The van der Waals surface area contributed by atoms with Crippen molar-refractivity contribution in [1.82, 2.24) is 0 Å². The lowest BCUT2D eigenvalue weighted by Gasteiger charge is -2.31.